The van der Waals surface area contributed by atoms with Crippen molar-refractivity contribution in [2.75, 3.05) is 13.1 Å². The zero-order chi connectivity index (χ0) is 10.6. The Hall–Kier alpha value is -0.570. The fourth-order valence-electron chi connectivity index (χ4n) is 1.74. The predicted molar refractivity (Wildman–Crippen MR) is 57.8 cm³/mol. The maximum atomic E-state index is 11.3. The van der Waals surface area contributed by atoms with Crippen molar-refractivity contribution in [1.82, 2.24) is 5.32 Å². The minimum Gasteiger partial charge on any atom is -0.356 e. The maximum Gasteiger partial charge on any atom is 0.220 e. The second-order valence-corrected chi connectivity index (χ2v) is 4.69. The highest BCUT2D eigenvalue weighted by molar-refractivity contribution is 5.75. The summed E-state index contributed by atoms with van der Waals surface area (Å²) < 4.78 is 0. The third kappa shape index (κ3) is 2.98. The van der Waals surface area contributed by atoms with Crippen LogP contribution >= 0.6 is 0 Å². The summed E-state index contributed by atoms with van der Waals surface area (Å²) in [5.74, 6) is 0.833. The Labute approximate surface area is 86.4 Å². The van der Waals surface area contributed by atoms with Crippen molar-refractivity contribution in [2.24, 2.45) is 17.1 Å². The fourth-order valence-corrected chi connectivity index (χ4v) is 1.74. The summed E-state index contributed by atoms with van der Waals surface area (Å²) in [6.07, 6.45) is 3.90. The van der Waals surface area contributed by atoms with Crippen LogP contribution in [-0.2, 0) is 4.79 Å². The minimum atomic E-state index is 0.155. The molecule has 0 bridgehead atoms. The van der Waals surface area contributed by atoms with Crippen molar-refractivity contribution in [1.29, 1.82) is 0 Å². The molecule has 0 heterocycles. The lowest BCUT2D eigenvalue weighted by Crippen LogP contribution is -2.32. The molecule has 0 unspecified atom stereocenters. The summed E-state index contributed by atoms with van der Waals surface area (Å²) in [7, 11) is 0. The summed E-state index contributed by atoms with van der Waals surface area (Å²) in [5.41, 5.74) is 5.75. The molecule has 3 nitrogen and oxygen atoms in total. The molecule has 3 heteroatoms. The van der Waals surface area contributed by atoms with E-state index in [4.69, 9.17) is 5.73 Å². The number of nitrogens with two attached hydrogens (primary N) is 1. The van der Waals surface area contributed by atoms with Crippen LogP contribution in [0.15, 0.2) is 0 Å². The van der Waals surface area contributed by atoms with Crippen molar-refractivity contribution in [3.8, 4) is 0 Å². The van der Waals surface area contributed by atoms with Crippen LogP contribution in [0.2, 0.25) is 0 Å². The van der Waals surface area contributed by atoms with Gasteiger partial charge in [0.05, 0.1) is 0 Å². The van der Waals surface area contributed by atoms with Crippen molar-refractivity contribution in [3.05, 3.63) is 0 Å². The molecule has 1 aliphatic rings. The van der Waals surface area contributed by atoms with Gasteiger partial charge in [-0.2, -0.15) is 0 Å². The highest BCUT2D eigenvalue weighted by Gasteiger charge is 2.45. The van der Waals surface area contributed by atoms with E-state index in [0.29, 0.717) is 24.3 Å². The molecule has 1 amide bonds. The topological polar surface area (TPSA) is 55.1 Å². The molecule has 0 spiro atoms. The van der Waals surface area contributed by atoms with E-state index in [-0.39, 0.29) is 5.91 Å². The Balaban J connectivity index is 2.17. The highest BCUT2D eigenvalue weighted by atomic mass is 16.1. The summed E-state index contributed by atoms with van der Waals surface area (Å²) in [5, 5.41) is 3.01. The van der Waals surface area contributed by atoms with E-state index < -0.39 is 0 Å². The lowest BCUT2D eigenvalue weighted by molar-refractivity contribution is -0.121. The summed E-state index contributed by atoms with van der Waals surface area (Å²) in [6.45, 7) is 5.93. The van der Waals surface area contributed by atoms with E-state index in [1.807, 2.05) is 0 Å². The number of carbonyl (C=O) groups is 1. The quantitative estimate of drug-likeness (QED) is 0.675. The molecule has 14 heavy (non-hydrogen) atoms. The van der Waals surface area contributed by atoms with E-state index in [9.17, 15) is 4.79 Å². The first-order valence-electron chi connectivity index (χ1n) is 5.57. The average molecular weight is 198 g/mol. The van der Waals surface area contributed by atoms with Crippen LogP contribution in [0.1, 0.15) is 39.5 Å². The Morgan fingerprint density at radius 3 is 2.57 bits per heavy atom. The molecule has 1 fully saturated rings. The number of amides is 1. The molecular weight excluding hydrogens is 176 g/mol. The van der Waals surface area contributed by atoms with Gasteiger partial charge in [-0.1, -0.05) is 13.8 Å². The monoisotopic (exact) mass is 198 g/mol. The molecule has 0 aromatic heterocycles. The average Bonchev–Trinajstić information content (AvgIpc) is 2.92. The molecule has 0 saturated heterocycles. The number of rotatable bonds is 6. The van der Waals surface area contributed by atoms with Crippen molar-refractivity contribution < 1.29 is 4.79 Å². The van der Waals surface area contributed by atoms with Gasteiger partial charge in [0.1, 0.15) is 0 Å². The molecule has 0 atom stereocenters. The lowest BCUT2D eigenvalue weighted by atomic mass is 9.92. The zero-order valence-corrected chi connectivity index (χ0v) is 9.31. The van der Waals surface area contributed by atoms with Crippen LogP contribution in [0.4, 0.5) is 0 Å². The van der Waals surface area contributed by atoms with Gasteiger partial charge in [0.15, 0.2) is 0 Å². The Morgan fingerprint density at radius 2 is 2.14 bits per heavy atom. The Bertz CT molecular complexity index is 197. The normalized spacial score (nSPS) is 18.3. The maximum absolute atomic E-state index is 11.3. The zero-order valence-electron chi connectivity index (χ0n) is 9.31. The number of nitrogens with one attached hydrogen (secondary N) is 1. The molecule has 0 aromatic rings. The van der Waals surface area contributed by atoms with E-state index >= 15 is 0 Å². The van der Waals surface area contributed by atoms with Gasteiger partial charge in [0.25, 0.3) is 0 Å². The first-order valence-corrected chi connectivity index (χ1v) is 5.57. The molecule has 3 N–H and O–H groups in total. The van der Waals surface area contributed by atoms with Crippen LogP contribution in [0, 0.1) is 11.3 Å². The van der Waals surface area contributed by atoms with Gasteiger partial charge in [0.2, 0.25) is 5.91 Å². The standard InChI is InChI=1S/C11H22N2O/c1-9(2)11(5-6-11)8-13-10(14)4-3-7-12/h9H,3-8,12H2,1-2H3,(H,13,14). The molecule has 1 saturated carbocycles. The van der Waals surface area contributed by atoms with E-state index in [1.165, 1.54) is 12.8 Å². The molecule has 1 rings (SSSR count). The van der Waals surface area contributed by atoms with Crippen molar-refractivity contribution in [3.63, 3.8) is 0 Å². The van der Waals surface area contributed by atoms with Gasteiger partial charge in [-0.25, -0.2) is 0 Å². The summed E-state index contributed by atoms with van der Waals surface area (Å²) in [6, 6.07) is 0. The number of hydrogen-bond acceptors (Lipinski definition) is 2. The Kier molecular flexibility index (Phi) is 3.93. The molecule has 0 radical (unpaired) electrons. The highest BCUT2D eigenvalue weighted by Crippen LogP contribution is 2.51. The fraction of sp³-hybridized carbons (Fsp3) is 0.909. The molecule has 1 aliphatic carbocycles. The number of carbonyl (C=O) groups excluding carboxylic acids is 1. The van der Waals surface area contributed by atoms with Gasteiger partial charge in [-0.15, -0.1) is 0 Å². The van der Waals surface area contributed by atoms with Gasteiger partial charge in [-0.3, -0.25) is 4.79 Å². The molecule has 0 aromatic carbocycles. The van der Waals surface area contributed by atoms with Crippen LogP contribution in [0.5, 0.6) is 0 Å². The second-order valence-electron chi connectivity index (χ2n) is 4.69. The lowest BCUT2D eigenvalue weighted by Gasteiger charge is -2.19. The smallest absolute Gasteiger partial charge is 0.220 e. The van der Waals surface area contributed by atoms with Crippen LogP contribution < -0.4 is 11.1 Å². The van der Waals surface area contributed by atoms with Crippen LogP contribution in [-0.4, -0.2) is 19.0 Å². The second kappa shape index (κ2) is 4.78. The minimum absolute atomic E-state index is 0.155. The van der Waals surface area contributed by atoms with Gasteiger partial charge >= 0.3 is 0 Å². The summed E-state index contributed by atoms with van der Waals surface area (Å²) >= 11 is 0. The third-order valence-corrected chi connectivity index (χ3v) is 3.36. The third-order valence-electron chi connectivity index (χ3n) is 3.36. The van der Waals surface area contributed by atoms with E-state index in [0.717, 1.165) is 13.0 Å². The molecular formula is C11H22N2O. The first-order chi connectivity index (χ1) is 6.60. The van der Waals surface area contributed by atoms with Crippen LogP contribution in [0.25, 0.3) is 0 Å². The molecule has 82 valence electrons. The van der Waals surface area contributed by atoms with Crippen molar-refractivity contribution in [2.45, 2.75) is 39.5 Å². The van der Waals surface area contributed by atoms with E-state index in [2.05, 4.69) is 19.2 Å². The number of hydrogen-bond donors (Lipinski definition) is 2. The van der Waals surface area contributed by atoms with E-state index in [1.54, 1.807) is 0 Å². The first kappa shape index (κ1) is 11.5. The van der Waals surface area contributed by atoms with Crippen LogP contribution in [0.3, 0.4) is 0 Å². The van der Waals surface area contributed by atoms with Crippen molar-refractivity contribution >= 4 is 5.91 Å². The summed E-state index contributed by atoms with van der Waals surface area (Å²) in [4.78, 5) is 11.3. The van der Waals surface area contributed by atoms with Gasteiger partial charge in [0, 0.05) is 13.0 Å². The predicted octanol–water partition coefficient (Wildman–Crippen LogP) is 1.28. The molecule has 0 aliphatic heterocycles. The SMILES string of the molecule is CC(C)C1(CNC(=O)CCCN)CC1. The largest absolute Gasteiger partial charge is 0.356 e. The van der Waals surface area contributed by atoms with Gasteiger partial charge < -0.3 is 11.1 Å². The Morgan fingerprint density at radius 1 is 1.50 bits per heavy atom. The van der Waals surface area contributed by atoms with Gasteiger partial charge in [-0.05, 0) is 37.1 Å².